The van der Waals surface area contributed by atoms with Crippen molar-refractivity contribution >= 4 is 23.2 Å². The number of nitrogens with zero attached hydrogens (tertiary/aromatic N) is 1. The monoisotopic (exact) mass is 463 g/mol. The van der Waals surface area contributed by atoms with Crippen molar-refractivity contribution in [3.8, 4) is 0 Å². The maximum atomic E-state index is 15.0. The Morgan fingerprint density at radius 3 is 2.65 bits per heavy atom. The van der Waals surface area contributed by atoms with Gasteiger partial charge in [-0.2, -0.15) is 0 Å². The fourth-order valence-electron chi connectivity index (χ4n) is 3.80. The van der Waals surface area contributed by atoms with Gasteiger partial charge in [0, 0.05) is 48.4 Å². The lowest BCUT2D eigenvalue weighted by Gasteiger charge is -2.29. The van der Waals surface area contributed by atoms with Gasteiger partial charge in [-0.1, -0.05) is 6.08 Å². The van der Waals surface area contributed by atoms with Crippen LogP contribution in [0.15, 0.2) is 95.6 Å². The zero-order valence-corrected chi connectivity index (χ0v) is 18.2. The highest BCUT2D eigenvalue weighted by Gasteiger charge is 2.27. The number of carbonyl (C=O) groups excluding carboxylic acids is 1. The first-order valence-electron chi connectivity index (χ1n) is 10.4. The van der Waals surface area contributed by atoms with E-state index in [0.29, 0.717) is 17.0 Å². The number of ether oxygens (including phenoxy) is 1. The number of allylic oxidation sites excluding steroid dienone is 10. The zero-order valence-electron chi connectivity index (χ0n) is 18.2. The molecule has 5 nitrogen and oxygen atoms in total. The molecule has 1 aromatic carbocycles. The van der Waals surface area contributed by atoms with Crippen molar-refractivity contribution < 1.29 is 22.7 Å². The molecule has 8 heteroatoms. The molecular weight excluding hydrogens is 443 g/mol. The van der Waals surface area contributed by atoms with Crippen molar-refractivity contribution in [3.05, 3.63) is 112 Å². The van der Waals surface area contributed by atoms with E-state index in [1.165, 1.54) is 43.5 Å². The molecule has 2 heterocycles. The molecule has 172 valence electrons. The van der Waals surface area contributed by atoms with Crippen LogP contribution in [0.3, 0.4) is 0 Å². The number of hydrogen-bond acceptors (Lipinski definition) is 5. The Kier molecular flexibility index (Phi) is 6.32. The van der Waals surface area contributed by atoms with Crippen LogP contribution in [0.25, 0.3) is 5.57 Å². The molecule has 0 fully saturated rings. The van der Waals surface area contributed by atoms with Crippen LogP contribution >= 0.6 is 0 Å². The van der Waals surface area contributed by atoms with Crippen molar-refractivity contribution in [2.45, 2.75) is 19.8 Å². The highest BCUT2D eigenvalue weighted by Crippen LogP contribution is 2.38. The summed E-state index contributed by atoms with van der Waals surface area (Å²) >= 11 is 0. The van der Waals surface area contributed by atoms with Gasteiger partial charge >= 0.3 is 0 Å². The molecule has 2 aliphatic heterocycles. The van der Waals surface area contributed by atoms with E-state index in [9.17, 15) is 13.6 Å². The van der Waals surface area contributed by atoms with Crippen LogP contribution < -0.4 is 0 Å². The number of nitrogens with one attached hydrogen (secondary N) is 2. The van der Waals surface area contributed by atoms with Gasteiger partial charge in [0.2, 0.25) is 5.90 Å². The van der Waals surface area contributed by atoms with E-state index in [1.807, 2.05) is 0 Å². The second-order valence-electron chi connectivity index (χ2n) is 7.74. The molecule has 0 saturated carbocycles. The van der Waals surface area contributed by atoms with Gasteiger partial charge in [0.05, 0.1) is 5.70 Å². The van der Waals surface area contributed by atoms with Crippen LogP contribution in [-0.4, -0.2) is 22.5 Å². The minimum atomic E-state index is -0.616. The molecule has 3 aliphatic rings. The fraction of sp³-hybridized carbons (Fsp3) is 0.115. The summed E-state index contributed by atoms with van der Waals surface area (Å²) < 4.78 is 48.6. The summed E-state index contributed by atoms with van der Waals surface area (Å²) in [5.74, 6) is -2.55. The molecule has 0 aromatic heterocycles. The average Bonchev–Trinajstić information content (AvgIpc) is 3.07. The van der Waals surface area contributed by atoms with Crippen LogP contribution in [0.4, 0.5) is 13.2 Å². The molecule has 4 rings (SSSR count). The van der Waals surface area contributed by atoms with Gasteiger partial charge in [-0.3, -0.25) is 15.6 Å². The van der Waals surface area contributed by atoms with Crippen LogP contribution in [0, 0.1) is 16.6 Å². The van der Waals surface area contributed by atoms with Gasteiger partial charge in [0.25, 0.3) is 0 Å². The smallest absolute Gasteiger partial charge is 0.220 e. The molecule has 34 heavy (non-hydrogen) atoms. The Hall–Kier alpha value is -4.20. The van der Waals surface area contributed by atoms with Crippen molar-refractivity contribution in [1.82, 2.24) is 4.90 Å². The summed E-state index contributed by atoms with van der Waals surface area (Å²) in [6.45, 7) is 1.37. The SMILES string of the molecule is CC(=N)OC(=N)c1ccc(F)c(C2=C3C=CC=C(C4=CC=C(F)CC=C4F)N3C=CC(=O)C2)c1. The van der Waals surface area contributed by atoms with Crippen molar-refractivity contribution in [2.24, 2.45) is 0 Å². The molecule has 0 atom stereocenters. The van der Waals surface area contributed by atoms with E-state index in [4.69, 9.17) is 15.6 Å². The first kappa shape index (κ1) is 23.0. The Bertz CT molecular complexity index is 1330. The second-order valence-corrected chi connectivity index (χ2v) is 7.74. The van der Waals surface area contributed by atoms with Gasteiger partial charge < -0.3 is 9.64 Å². The zero-order chi connectivity index (χ0) is 24.4. The summed E-state index contributed by atoms with van der Waals surface area (Å²) in [5.41, 5.74) is 1.55. The lowest BCUT2D eigenvalue weighted by molar-refractivity contribution is -0.113. The second kappa shape index (κ2) is 9.35. The Balaban J connectivity index is 1.85. The summed E-state index contributed by atoms with van der Waals surface area (Å²) in [6.07, 6.45) is 11.1. The average molecular weight is 463 g/mol. The number of fused-ring (bicyclic) bond motifs is 1. The maximum absolute atomic E-state index is 15.0. The van der Waals surface area contributed by atoms with Gasteiger partial charge in [-0.25, -0.2) is 13.2 Å². The van der Waals surface area contributed by atoms with Crippen molar-refractivity contribution in [1.29, 1.82) is 10.8 Å². The van der Waals surface area contributed by atoms with E-state index >= 15 is 4.39 Å². The standard InChI is InChI=1S/C26H20F3N3O2/c1-15(30)34-26(31)16-5-9-23(29)20(13-16)21-14-18(33)11-12-32-24(3-2-4-25(21)32)19-8-6-17(27)7-10-22(19)28/h2-6,8-13,30-31H,7,14H2,1H3. The number of carbonyl (C=O) groups is 1. The fourth-order valence-corrected chi connectivity index (χ4v) is 3.80. The number of rotatable bonds is 3. The summed E-state index contributed by atoms with van der Waals surface area (Å²) in [7, 11) is 0. The summed E-state index contributed by atoms with van der Waals surface area (Å²) in [6, 6.07) is 3.90. The van der Waals surface area contributed by atoms with E-state index in [-0.39, 0.29) is 47.1 Å². The largest absolute Gasteiger partial charge is 0.426 e. The molecule has 0 amide bonds. The van der Waals surface area contributed by atoms with E-state index < -0.39 is 17.5 Å². The number of hydrogen-bond donors (Lipinski definition) is 2. The van der Waals surface area contributed by atoms with Crippen molar-refractivity contribution in [3.63, 3.8) is 0 Å². The highest BCUT2D eigenvalue weighted by molar-refractivity contribution is 6.02. The maximum Gasteiger partial charge on any atom is 0.220 e. The molecule has 0 saturated heterocycles. The van der Waals surface area contributed by atoms with E-state index in [2.05, 4.69) is 0 Å². The third kappa shape index (κ3) is 4.61. The predicted molar refractivity (Wildman–Crippen MR) is 124 cm³/mol. The molecule has 0 unspecified atom stereocenters. The highest BCUT2D eigenvalue weighted by atomic mass is 19.1. The lowest BCUT2D eigenvalue weighted by Crippen LogP contribution is -2.20. The molecular formula is C26H20F3N3O2. The number of ketones is 1. The minimum Gasteiger partial charge on any atom is -0.426 e. The van der Waals surface area contributed by atoms with Crippen LogP contribution in [-0.2, 0) is 9.53 Å². The summed E-state index contributed by atoms with van der Waals surface area (Å²) in [5, 5.41) is 15.4. The molecule has 0 radical (unpaired) electrons. The van der Waals surface area contributed by atoms with Crippen LogP contribution in [0.1, 0.15) is 30.9 Å². The molecule has 0 bridgehead atoms. The molecule has 1 aliphatic carbocycles. The topological polar surface area (TPSA) is 77.2 Å². The van der Waals surface area contributed by atoms with Crippen LogP contribution in [0.5, 0.6) is 0 Å². The van der Waals surface area contributed by atoms with E-state index in [1.54, 1.807) is 23.1 Å². The molecule has 2 N–H and O–H groups in total. The Labute approximate surface area is 194 Å². The van der Waals surface area contributed by atoms with Crippen LogP contribution in [0.2, 0.25) is 0 Å². The normalized spacial score (nSPS) is 17.8. The lowest BCUT2D eigenvalue weighted by atomic mass is 9.94. The van der Waals surface area contributed by atoms with Gasteiger partial charge in [-0.05, 0) is 60.2 Å². The molecule has 1 aromatic rings. The third-order valence-corrected chi connectivity index (χ3v) is 5.35. The first-order chi connectivity index (χ1) is 16.2. The molecule has 0 spiro atoms. The Morgan fingerprint density at radius 1 is 1.09 bits per heavy atom. The van der Waals surface area contributed by atoms with Gasteiger partial charge in [-0.15, -0.1) is 0 Å². The quantitative estimate of drug-likeness (QED) is 0.417. The predicted octanol–water partition coefficient (Wildman–Crippen LogP) is 6.16. The summed E-state index contributed by atoms with van der Waals surface area (Å²) in [4.78, 5) is 14.1. The Morgan fingerprint density at radius 2 is 1.88 bits per heavy atom. The van der Waals surface area contributed by atoms with E-state index in [0.717, 1.165) is 12.1 Å². The first-order valence-corrected chi connectivity index (χ1v) is 10.4. The number of benzene rings is 1. The van der Waals surface area contributed by atoms with Gasteiger partial charge in [0.15, 0.2) is 11.7 Å². The number of halogens is 3. The third-order valence-electron chi connectivity index (χ3n) is 5.35. The van der Waals surface area contributed by atoms with Gasteiger partial charge in [0.1, 0.15) is 17.5 Å². The van der Waals surface area contributed by atoms with Crippen molar-refractivity contribution in [2.75, 3.05) is 0 Å². The minimum absolute atomic E-state index is 0.0771.